The van der Waals surface area contributed by atoms with Crippen molar-refractivity contribution < 1.29 is 4.39 Å². The molecule has 1 aromatic carbocycles. The number of imidazole rings is 1. The second-order valence-corrected chi connectivity index (χ2v) is 4.96. The standard InChI is InChI=1S/C12H11FN4S/c1-7-10(18-6-15-7)5-17-9-4-2-3-8(13)11(9)16-12(17)14/h2-4,6H,5H2,1H3,(H2,14,16). The van der Waals surface area contributed by atoms with E-state index in [2.05, 4.69) is 9.97 Å². The van der Waals surface area contributed by atoms with Gasteiger partial charge < -0.3 is 10.3 Å². The molecule has 0 aliphatic rings. The lowest BCUT2D eigenvalue weighted by Crippen LogP contribution is -2.04. The van der Waals surface area contributed by atoms with Crippen molar-refractivity contribution in [3.8, 4) is 0 Å². The van der Waals surface area contributed by atoms with E-state index in [-0.39, 0.29) is 5.82 Å². The topological polar surface area (TPSA) is 56.7 Å². The van der Waals surface area contributed by atoms with Crippen molar-refractivity contribution in [1.29, 1.82) is 0 Å². The predicted molar refractivity (Wildman–Crippen MR) is 70.1 cm³/mol. The minimum Gasteiger partial charge on any atom is -0.369 e. The number of benzene rings is 1. The highest BCUT2D eigenvalue weighted by atomic mass is 32.1. The molecule has 0 saturated carbocycles. The van der Waals surface area contributed by atoms with E-state index in [1.54, 1.807) is 27.5 Å². The van der Waals surface area contributed by atoms with Crippen LogP contribution in [0.15, 0.2) is 23.7 Å². The number of rotatable bonds is 2. The van der Waals surface area contributed by atoms with Gasteiger partial charge in [-0.05, 0) is 19.1 Å². The maximum atomic E-state index is 13.6. The van der Waals surface area contributed by atoms with Gasteiger partial charge in [-0.1, -0.05) is 6.07 Å². The molecule has 0 unspecified atom stereocenters. The van der Waals surface area contributed by atoms with Gasteiger partial charge in [-0.25, -0.2) is 14.4 Å². The molecule has 0 bridgehead atoms. The molecule has 4 nitrogen and oxygen atoms in total. The first kappa shape index (κ1) is 11.2. The Hall–Kier alpha value is -1.95. The Morgan fingerprint density at radius 1 is 1.44 bits per heavy atom. The van der Waals surface area contributed by atoms with E-state index in [0.717, 1.165) is 10.6 Å². The summed E-state index contributed by atoms with van der Waals surface area (Å²) in [5.41, 5.74) is 9.65. The quantitative estimate of drug-likeness (QED) is 0.772. The maximum Gasteiger partial charge on any atom is 0.201 e. The highest BCUT2D eigenvalue weighted by Gasteiger charge is 2.13. The molecule has 0 fully saturated rings. The molecule has 0 aliphatic carbocycles. The molecule has 0 aliphatic heterocycles. The van der Waals surface area contributed by atoms with E-state index in [4.69, 9.17) is 5.73 Å². The van der Waals surface area contributed by atoms with Gasteiger partial charge in [0.1, 0.15) is 5.52 Å². The lowest BCUT2D eigenvalue weighted by Gasteiger charge is -2.05. The molecule has 0 amide bonds. The third-order valence-electron chi connectivity index (χ3n) is 2.91. The molecular formula is C12H11FN4S. The van der Waals surface area contributed by atoms with Crippen molar-refractivity contribution in [1.82, 2.24) is 14.5 Å². The Morgan fingerprint density at radius 3 is 3.00 bits per heavy atom. The molecule has 2 N–H and O–H groups in total. The normalized spacial score (nSPS) is 11.2. The number of aryl methyl sites for hydroxylation is 1. The zero-order chi connectivity index (χ0) is 12.7. The van der Waals surface area contributed by atoms with Crippen LogP contribution in [-0.4, -0.2) is 14.5 Å². The van der Waals surface area contributed by atoms with Crippen LogP contribution >= 0.6 is 11.3 Å². The van der Waals surface area contributed by atoms with Gasteiger partial charge in [-0.3, -0.25) is 0 Å². The molecule has 2 aromatic heterocycles. The molecule has 0 spiro atoms. The van der Waals surface area contributed by atoms with Gasteiger partial charge in [0, 0.05) is 4.88 Å². The number of nitrogens with zero attached hydrogens (tertiary/aromatic N) is 3. The average molecular weight is 262 g/mol. The van der Waals surface area contributed by atoms with E-state index >= 15 is 0 Å². The Kier molecular flexibility index (Phi) is 2.52. The van der Waals surface area contributed by atoms with Crippen LogP contribution in [0.2, 0.25) is 0 Å². The first-order valence-electron chi connectivity index (χ1n) is 5.46. The van der Waals surface area contributed by atoms with Crippen LogP contribution in [-0.2, 0) is 6.54 Å². The average Bonchev–Trinajstić information content (AvgIpc) is 2.87. The molecule has 3 aromatic rings. The summed E-state index contributed by atoms with van der Waals surface area (Å²) < 4.78 is 15.4. The summed E-state index contributed by atoms with van der Waals surface area (Å²) in [4.78, 5) is 9.37. The maximum absolute atomic E-state index is 13.6. The number of nitrogens with two attached hydrogens (primary N) is 1. The molecule has 0 radical (unpaired) electrons. The number of aromatic nitrogens is 3. The van der Waals surface area contributed by atoms with Crippen LogP contribution < -0.4 is 5.73 Å². The summed E-state index contributed by atoms with van der Waals surface area (Å²) in [6.07, 6.45) is 0. The van der Waals surface area contributed by atoms with E-state index in [1.165, 1.54) is 6.07 Å². The van der Waals surface area contributed by atoms with Crippen molar-refractivity contribution in [2.24, 2.45) is 0 Å². The number of halogens is 1. The molecule has 2 heterocycles. The minimum atomic E-state index is -0.348. The number of nitrogen functional groups attached to an aromatic ring is 1. The zero-order valence-corrected chi connectivity index (χ0v) is 10.5. The van der Waals surface area contributed by atoms with Crippen molar-refractivity contribution in [2.75, 3.05) is 5.73 Å². The second kappa shape index (κ2) is 4.06. The lowest BCUT2D eigenvalue weighted by atomic mass is 10.3. The Balaban J connectivity index is 2.15. The second-order valence-electron chi connectivity index (χ2n) is 4.02. The number of hydrogen-bond acceptors (Lipinski definition) is 4. The molecular weight excluding hydrogens is 251 g/mol. The first-order valence-corrected chi connectivity index (χ1v) is 6.34. The van der Waals surface area contributed by atoms with Crippen molar-refractivity contribution in [3.05, 3.63) is 40.1 Å². The van der Waals surface area contributed by atoms with Crippen molar-refractivity contribution >= 4 is 28.3 Å². The van der Waals surface area contributed by atoms with E-state index < -0.39 is 0 Å². The summed E-state index contributed by atoms with van der Waals surface area (Å²) in [7, 11) is 0. The van der Waals surface area contributed by atoms with Gasteiger partial charge in [0.05, 0.1) is 23.3 Å². The van der Waals surface area contributed by atoms with Crippen LogP contribution in [0.25, 0.3) is 11.0 Å². The van der Waals surface area contributed by atoms with E-state index in [9.17, 15) is 4.39 Å². The van der Waals surface area contributed by atoms with Crippen molar-refractivity contribution in [2.45, 2.75) is 13.5 Å². The van der Waals surface area contributed by atoms with Gasteiger partial charge in [-0.15, -0.1) is 11.3 Å². The van der Waals surface area contributed by atoms with E-state index in [0.29, 0.717) is 23.5 Å². The molecule has 3 rings (SSSR count). The van der Waals surface area contributed by atoms with Crippen LogP contribution in [0, 0.1) is 12.7 Å². The monoisotopic (exact) mass is 262 g/mol. The molecule has 0 saturated heterocycles. The summed E-state index contributed by atoms with van der Waals surface area (Å²) in [6, 6.07) is 4.87. The molecule has 92 valence electrons. The summed E-state index contributed by atoms with van der Waals surface area (Å²) >= 11 is 1.56. The van der Waals surface area contributed by atoms with Gasteiger partial charge in [0.25, 0.3) is 0 Å². The van der Waals surface area contributed by atoms with Crippen LogP contribution in [0.4, 0.5) is 10.3 Å². The van der Waals surface area contributed by atoms with Gasteiger partial charge >= 0.3 is 0 Å². The SMILES string of the molecule is Cc1ncsc1Cn1c(N)nc2c(F)cccc21. The Bertz CT molecular complexity index is 716. The smallest absolute Gasteiger partial charge is 0.201 e. The number of hydrogen-bond donors (Lipinski definition) is 1. The molecule has 0 atom stereocenters. The number of fused-ring (bicyclic) bond motifs is 1. The zero-order valence-electron chi connectivity index (χ0n) is 9.72. The Labute approximate surface area is 107 Å². The number of anilines is 1. The summed E-state index contributed by atoms with van der Waals surface area (Å²) in [5.74, 6) is -0.0260. The molecule has 18 heavy (non-hydrogen) atoms. The summed E-state index contributed by atoms with van der Waals surface area (Å²) in [6.45, 7) is 2.52. The Morgan fingerprint density at radius 2 is 2.28 bits per heavy atom. The fourth-order valence-corrected chi connectivity index (χ4v) is 2.68. The lowest BCUT2D eigenvalue weighted by molar-refractivity contribution is 0.637. The van der Waals surface area contributed by atoms with Gasteiger partial charge in [0.15, 0.2) is 5.82 Å². The largest absolute Gasteiger partial charge is 0.369 e. The van der Waals surface area contributed by atoms with Crippen LogP contribution in [0.3, 0.4) is 0 Å². The molecule has 6 heteroatoms. The van der Waals surface area contributed by atoms with Crippen molar-refractivity contribution in [3.63, 3.8) is 0 Å². The predicted octanol–water partition coefficient (Wildman–Crippen LogP) is 2.57. The van der Waals surface area contributed by atoms with Crippen LogP contribution in [0.5, 0.6) is 0 Å². The van der Waals surface area contributed by atoms with E-state index in [1.807, 2.05) is 13.0 Å². The summed E-state index contributed by atoms with van der Waals surface area (Å²) in [5, 5.41) is 0. The third-order valence-corrected chi connectivity index (χ3v) is 3.83. The van der Waals surface area contributed by atoms with Crippen LogP contribution in [0.1, 0.15) is 10.6 Å². The first-order chi connectivity index (χ1) is 8.66. The fraction of sp³-hybridized carbons (Fsp3) is 0.167. The minimum absolute atomic E-state index is 0.317. The third kappa shape index (κ3) is 1.65. The fourth-order valence-electron chi connectivity index (χ4n) is 1.92. The highest BCUT2D eigenvalue weighted by Crippen LogP contribution is 2.23. The highest BCUT2D eigenvalue weighted by molar-refractivity contribution is 7.09. The van der Waals surface area contributed by atoms with Gasteiger partial charge in [-0.2, -0.15) is 0 Å². The number of para-hydroxylation sites is 1. The number of thiazole rings is 1. The van der Waals surface area contributed by atoms with Gasteiger partial charge in [0.2, 0.25) is 5.95 Å².